The van der Waals surface area contributed by atoms with Crippen LogP contribution in [0.3, 0.4) is 0 Å². The van der Waals surface area contributed by atoms with Crippen LogP contribution in [-0.4, -0.2) is 58.1 Å². The Morgan fingerprint density at radius 2 is 1.14 bits per heavy atom. The summed E-state index contributed by atoms with van der Waals surface area (Å²) < 4.78 is 28.3. The second kappa shape index (κ2) is 5.63. The van der Waals surface area contributed by atoms with Crippen molar-refractivity contribution in [2.24, 2.45) is 0 Å². The second-order valence-corrected chi connectivity index (χ2v) is 8.73. The Morgan fingerprint density at radius 1 is 0.762 bits per heavy atom. The van der Waals surface area contributed by atoms with Crippen molar-refractivity contribution >= 4 is 43.9 Å². The van der Waals surface area contributed by atoms with E-state index >= 15 is 0 Å². The van der Waals surface area contributed by atoms with Gasteiger partial charge in [0.2, 0.25) is 0 Å². The van der Waals surface area contributed by atoms with E-state index < -0.39 is 55.4 Å². The molecule has 2 aliphatic heterocycles. The van der Waals surface area contributed by atoms with E-state index in [4.69, 9.17) is 12.3 Å². The SMILES string of the molecule is COC1=CC(=O)[O][Sn]2([O]C(=O)C=C(OC)C(=O)[O]2)[O]C1=O. The zero-order chi connectivity index (χ0) is 15.6. The van der Waals surface area contributed by atoms with Crippen molar-refractivity contribution in [2.75, 3.05) is 14.2 Å². The van der Waals surface area contributed by atoms with E-state index in [1.54, 1.807) is 0 Å². The molecule has 0 bridgehead atoms. The maximum atomic E-state index is 11.7. The molecule has 10 nitrogen and oxygen atoms in total. The van der Waals surface area contributed by atoms with Crippen LogP contribution in [0.2, 0.25) is 0 Å². The van der Waals surface area contributed by atoms with Crippen molar-refractivity contribution in [3.05, 3.63) is 23.7 Å². The molecule has 1 spiro atoms. The molecule has 112 valence electrons. The quantitative estimate of drug-likeness (QED) is 0.510. The topological polar surface area (TPSA) is 124 Å². The Hall–Kier alpha value is -2.24. The fourth-order valence-electron chi connectivity index (χ4n) is 1.37. The van der Waals surface area contributed by atoms with Crippen LogP contribution in [-0.2, 0) is 40.9 Å². The van der Waals surface area contributed by atoms with Gasteiger partial charge in [-0.3, -0.25) is 0 Å². The predicted octanol–water partition coefficient (Wildman–Crippen LogP) is -1.32. The Morgan fingerprint density at radius 3 is 1.48 bits per heavy atom. The minimum absolute atomic E-state index is 0.482. The summed E-state index contributed by atoms with van der Waals surface area (Å²) in [5.74, 6) is -5.47. The van der Waals surface area contributed by atoms with Crippen molar-refractivity contribution in [3.63, 3.8) is 0 Å². The third kappa shape index (κ3) is 3.09. The van der Waals surface area contributed by atoms with Crippen molar-refractivity contribution in [1.82, 2.24) is 0 Å². The summed E-state index contributed by atoms with van der Waals surface area (Å²) in [7, 11) is 2.23. The molecule has 2 aliphatic rings. The zero-order valence-corrected chi connectivity index (χ0v) is 13.6. The Bertz CT molecular complexity index is 537. The van der Waals surface area contributed by atoms with Gasteiger partial charge in [-0.1, -0.05) is 0 Å². The van der Waals surface area contributed by atoms with Gasteiger partial charge in [0.25, 0.3) is 0 Å². The standard InChI is InChI=1S/2C5H6O5.Sn/c2*1-10-3(5(8)9)2-4(6)7;/h2*2H,1H3,(H,6,7)(H,8,9);/q;;+4/p-4. The Kier molecular flexibility index (Phi) is 4.06. The van der Waals surface area contributed by atoms with Crippen LogP contribution in [0.25, 0.3) is 0 Å². The molecule has 2 heterocycles. The van der Waals surface area contributed by atoms with Crippen LogP contribution >= 0.6 is 0 Å². The van der Waals surface area contributed by atoms with E-state index in [0.29, 0.717) is 12.2 Å². The molecular formula is C10H8O10Sn. The number of rotatable bonds is 2. The Labute approximate surface area is 123 Å². The first-order valence-electron chi connectivity index (χ1n) is 5.33. The van der Waals surface area contributed by atoms with Gasteiger partial charge in [-0.25, -0.2) is 0 Å². The molecule has 0 radical (unpaired) electrons. The normalized spacial score (nSPS) is 20.9. The first kappa shape index (κ1) is 15.2. The summed E-state index contributed by atoms with van der Waals surface area (Å²) in [5.41, 5.74) is 0. The predicted molar refractivity (Wildman–Crippen MR) is 60.3 cm³/mol. The van der Waals surface area contributed by atoms with Gasteiger partial charge in [-0.15, -0.1) is 0 Å². The fourth-order valence-corrected chi connectivity index (χ4v) is 5.70. The van der Waals surface area contributed by atoms with Crippen LogP contribution in [0.1, 0.15) is 0 Å². The molecule has 0 aromatic heterocycles. The van der Waals surface area contributed by atoms with E-state index in [2.05, 4.69) is 9.47 Å². The van der Waals surface area contributed by atoms with Crippen LogP contribution in [0, 0.1) is 0 Å². The first-order valence-corrected chi connectivity index (χ1v) is 9.99. The molecule has 0 amide bonds. The summed E-state index contributed by atoms with van der Waals surface area (Å²) in [6.45, 7) is 0. The molecule has 11 heteroatoms. The van der Waals surface area contributed by atoms with Gasteiger partial charge in [0.15, 0.2) is 0 Å². The molecule has 0 fully saturated rings. The number of hydrogen-bond donors (Lipinski definition) is 0. The molecule has 0 saturated heterocycles. The van der Waals surface area contributed by atoms with E-state index in [1.807, 2.05) is 0 Å². The third-order valence-corrected chi connectivity index (χ3v) is 7.29. The van der Waals surface area contributed by atoms with Gasteiger partial charge in [0.05, 0.1) is 0 Å². The van der Waals surface area contributed by atoms with E-state index in [-0.39, 0.29) is 0 Å². The van der Waals surface area contributed by atoms with Gasteiger partial charge < -0.3 is 0 Å². The number of carbonyl (C=O) groups is 4. The third-order valence-electron chi connectivity index (χ3n) is 2.23. The summed E-state index contributed by atoms with van der Waals surface area (Å²) in [4.78, 5) is 46.5. The van der Waals surface area contributed by atoms with E-state index in [1.165, 1.54) is 0 Å². The average Bonchev–Trinajstić information content (AvgIpc) is 2.58. The van der Waals surface area contributed by atoms with Crippen LogP contribution in [0.5, 0.6) is 0 Å². The molecule has 0 N–H and O–H groups in total. The van der Waals surface area contributed by atoms with Crippen molar-refractivity contribution in [3.8, 4) is 0 Å². The van der Waals surface area contributed by atoms with Gasteiger partial charge in [0.1, 0.15) is 0 Å². The average molecular weight is 407 g/mol. The summed E-state index contributed by atoms with van der Waals surface area (Å²) in [5, 5.41) is 0. The van der Waals surface area contributed by atoms with Crippen LogP contribution in [0.15, 0.2) is 23.7 Å². The monoisotopic (exact) mass is 408 g/mol. The number of carbonyl (C=O) groups excluding carboxylic acids is 4. The maximum absolute atomic E-state index is 11.7. The van der Waals surface area contributed by atoms with Crippen molar-refractivity contribution < 1.29 is 40.9 Å². The van der Waals surface area contributed by atoms with Crippen molar-refractivity contribution in [2.45, 2.75) is 0 Å². The fraction of sp³-hybridized carbons (Fsp3) is 0.200. The Balaban J connectivity index is 2.36. The molecule has 0 aromatic carbocycles. The molecule has 2 rings (SSSR count). The zero-order valence-electron chi connectivity index (χ0n) is 10.7. The van der Waals surface area contributed by atoms with Crippen LogP contribution in [0.4, 0.5) is 0 Å². The summed E-state index contributed by atoms with van der Waals surface area (Å²) >= 11 is -5.58. The number of ether oxygens (including phenoxy) is 2. The van der Waals surface area contributed by atoms with Crippen molar-refractivity contribution in [1.29, 1.82) is 0 Å². The van der Waals surface area contributed by atoms with Gasteiger partial charge in [0, 0.05) is 0 Å². The molecule has 0 aromatic rings. The number of hydrogen-bond acceptors (Lipinski definition) is 10. The molecule has 0 saturated carbocycles. The van der Waals surface area contributed by atoms with Crippen LogP contribution < -0.4 is 0 Å². The summed E-state index contributed by atoms with van der Waals surface area (Å²) in [6.07, 6.45) is 1.37. The minimum atomic E-state index is -5.58. The van der Waals surface area contributed by atoms with Gasteiger partial charge >= 0.3 is 123 Å². The van der Waals surface area contributed by atoms with Gasteiger partial charge in [-0.2, -0.15) is 0 Å². The van der Waals surface area contributed by atoms with E-state index in [0.717, 1.165) is 14.2 Å². The molecule has 21 heavy (non-hydrogen) atoms. The summed E-state index contributed by atoms with van der Waals surface area (Å²) in [6, 6.07) is 0. The molecule has 0 aliphatic carbocycles. The number of methoxy groups -OCH3 is 2. The van der Waals surface area contributed by atoms with E-state index in [9.17, 15) is 19.2 Å². The molecule has 0 atom stereocenters. The second-order valence-electron chi connectivity index (χ2n) is 3.55. The molecule has 0 unspecified atom stereocenters. The van der Waals surface area contributed by atoms with Gasteiger partial charge in [-0.05, 0) is 0 Å². The first-order chi connectivity index (χ1) is 9.89. The molecular weight excluding hydrogens is 399 g/mol.